The topological polar surface area (TPSA) is 0 Å². The lowest BCUT2D eigenvalue weighted by Crippen LogP contribution is -1.98. The van der Waals surface area contributed by atoms with Crippen molar-refractivity contribution in [3.05, 3.63) is 70.2 Å². The molecule has 0 N–H and O–H groups in total. The minimum atomic E-state index is 0.301. The molecule has 0 saturated heterocycles. The van der Waals surface area contributed by atoms with Gasteiger partial charge in [0.05, 0.1) is 0 Å². The van der Waals surface area contributed by atoms with Crippen molar-refractivity contribution in [1.82, 2.24) is 0 Å². The highest BCUT2D eigenvalue weighted by molar-refractivity contribution is 9.09. The average Bonchev–Trinajstić information content (AvgIpc) is 2.41. The second kappa shape index (κ2) is 7.28. The predicted molar refractivity (Wildman–Crippen MR) is 91.8 cm³/mol. The van der Waals surface area contributed by atoms with Crippen LogP contribution in [0, 0.1) is 5.92 Å². The minimum Gasteiger partial charge on any atom is -0.0840 e. The van der Waals surface area contributed by atoms with Crippen LogP contribution in [0.15, 0.2) is 48.5 Å². The van der Waals surface area contributed by atoms with E-state index in [0.717, 1.165) is 17.9 Å². The number of halogens is 2. The van der Waals surface area contributed by atoms with E-state index in [9.17, 15) is 0 Å². The Labute approximate surface area is 135 Å². The SMILES string of the molecule is CC(C)Cc1ccc(C(Br)Cc2ccccc2Cl)cc1. The number of hydrogen-bond acceptors (Lipinski definition) is 0. The Morgan fingerprint density at radius 1 is 0.950 bits per heavy atom. The molecule has 0 nitrogen and oxygen atoms in total. The average molecular weight is 352 g/mol. The van der Waals surface area contributed by atoms with Gasteiger partial charge in [-0.1, -0.05) is 83.8 Å². The van der Waals surface area contributed by atoms with Crippen LogP contribution in [-0.4, -0.2) is 0 Å². The van der Waals surface area contributed by atoms with Gasteiger partial charge in [0.15, 0.2) is 0 Å². The molecule has 0 aliphatic heterocycles. The summed E-state index contributed by atoms with van der Waals surface area (Å²) in [5.41, 5.74) is 3.89. The Balaban J connectivity index is 2.06. The molecule has 0 saturated carbocycles. The molecule has 2 aromatic carbocycles. The molecule has 106 valence electrons. The van der Waals surface area contributed by atoms with Gasteiger partial charge in [0.25, 0.3) is 0 Å². The molecule has 0 aliphatic rings. The summed E-state index contributed by atoms with van der Waals surface area (Å²) in [4.78, 5) is 0.301. The summed E-state index contributed by atoms with van der Waals surface area (Å²) < 4.78 is 0. The van der Waals surface area contributed by atoms with E-state index in [1.165, 1.54) is 16.7 Å². The van der Waals surface area contributed by atoms with Crippen molar-refractivity contribution in [3.8, 4) is 0 Å². The Bertz CT molecular complexity index is 546. The van der Waals surface area contributed by atoms with Crippen molar-refractivity contribution in [2.45, 2.75) is 31.5 Å². The van der Waals surface area contributed by atoms with E-state index in [0.29, 0.717) is 10.7 Å². The molecular formula is C18H20BrCl. The van der Waals surface area contributed by atoms with E-state index in [4.69, 9.17) is 11.6 Å². The van der Waals surface area contributed by atoms with Crippen LogP contribution in [0.5, 0.6) is 0 Å². The van der Waals surface area contributed by atoms with Crippen LogP contribution in [0.25, 0.3) is 0 Å². The first-order valence-electron chi connectivity index (χ1n) is 7.02. The van der Waals surface area contributed by atoms with Crippen LogP contribution in [0.4, 0.5) is 0 Å². The molecule has 0 aliphatic carbocycles. The summed E-state index contributed by atoms with van der Waals surface area (Å²) in [5, 5.41) is 0.841. The molecule has 2 rings (SSSR count). The van der Waals surface area contributed by atoms with Gasteiger partial charge in [-0.2, -0.15) is 0 Å². The zero-order valence-corrected chi connectivity index (χ0v) is 14.3. The summed E-state index contributed by atoms with van der Waals surface area (Å²) >= 11 is 9.99. The molecule has 0 aromatic heterocycles. The summed E-state index contributed by atoms with van der Waals surface area (Å²) in [6.45, 7) is 4.50. The Kier molecular flexibility index (Phi) is 5.68. The van der Waals surface area contributed by atoms with E-state index in [1.807, 2.05) is 18.2 Å². The normalized spacial score (nSPS) is 12.7. The van der Waals surface area contributed by atoms with Crippen LogP contribution in [0.2, 0.25) is 5.02 Å². The fourth-order valence-corrected chi connectivity index (χ4v) is 3.18. The second-order valence-electron chi connectivity index (χ2n) is 5.60. The largest absolute Gasteiger partial charge is 0.0840 e. The van der Waals surface area contributed by atoms with Gasteiger partial charge in [-0.3, -0.25) is 0 Å². The van der Waals surface area contributed by atoms with E-state index in [-0.39, 0.29) is 0 Å². The highest BCUT2D eigenvalue weighted by Gasteiger charge is 2.10. The van der Waals surface area contributed by atoms with Gasteiger partial charge < -0.3 is 0 Å². The number of benzene rings is 2. The molecule has 2 heteroatoms. The number of rotatable bonds is 5. The molecule has 0 fully saturated rings. The fraction of sp³-hybridized carbons (Fsp3) is 0.333. The Morgan fingerprint density at radius 2 is 1.60 bits per heavy atom. The molecule has 0 spiro atoms. The molecular weight excluding hydrogens is 332 g/mol. The molecule has 0 bridgehead atoms. The first kappa shape index (κ1) is 15.6. The molecule has 0 heterocycles. The zero-order valence-electron chi connectivity index (χ0n) is 11.9. The minimum absolute atomic E-state index is 0.301. The van der Waals surface area contributed by atoms with Crippen molar-refractivity contribution >= 4 is 27.5 Å². The van der Waals surface area contributed by atoms with E-state index in [1.54, 1.807) is 0 Å². The summed E-state index contributed by atoms with van der Waals surface area (Å²) in [5.74, 6) is 0.698. The maximum absolute atomic E-state index is 6.22. The molecule has 1 atom stereocenters. The van der Waals surface area contributed by atoms with Gasteiger partial charge in [0, 0.05) is 9.85 Å². The van der Waals surface area contributed by atoms with Crippen molar-refractivity contribution in [3.63, 3.8) is 0 Å². The molecule has 0 radical (unpaired) electrons. The number of alkyl halides is 1. The van der Waals surface area contributed by atoms with Crippen LogP contribution in [0.1, 0.15) is 35.4 Å². The Morgan fingerprint density at radius 3 is 2.20 bits per heavy atom. The lowest BCUT2D eigenvalue weighted by Gasteiger charge is -2.13. The smallest absolute Gasteiger partial charge is 0.0438 e. The highest BCUT2D eigenvalue weighted by atomic mass is 79.9. The molecule has 2 aromatic rings. The van der Waals surface area contributed by atoms with Crippen molar-refractivity contribution in [1.29, 1.82) is 0 Å². The van der Waals surface area contributed by atoms with Crippen molar-refractivity contribution in [2.24, 2.45) is 5.92 Å². The second-order valence-corrected chi connectivity index (χ2v) is 7.12. The third-order valence-electron chi connectivity index (χ3n) is 3.34. The highest BCUT2D eigenvalue weighted by Crippen LogP contribution is 2.30. The maximum atomic E-state index is 6.22. The van der Waals surface area contributed by atoms with E-state index in [2.05, 4.69) is 60.1 Å². The summed E-state index contributed by atoms with van der Waals surface area (Å²) in [6.07, 6.45) is 2.04. The fourth-order valence-electron chi connectivity index (χ4n) is 2.31. The van der Waals surface area contributed by atoms with Crippen LogP contribution >= 0.6 is 27.5 Å². The quantitative estimate of drug-likeness (QED) is 0.561. The van der Waals surface area contributed by atoms with Gasteiger partial charge in [-0.15, -0.1) is 0 Å². The van der Waals surface area contributed by atoms with Gasteiger partial charge >= 0.3 is 0 Å². The predicted octanol–water partition coefficient (Wildman–Crippen LogP) is 6.22. The van der Waals surface area contributed by atoms with Gasteiger partial charge in [0.2, 0.25) is 0 Å². The van der Waals surface area contributed by atoms with Gasteiger partial charge in [0.1, 0.15) is 0 Å². The molecule has 20 heavy (non-hydrogen) atoms. The van der Waals surface area contributed by atoms with Gasteiger partial charge in [-0.05, 0) is 41.5 Å². The summed E-state index contributed by atoms with van der Waals surface area (Å²) in [6, 6.07) is 16.9. The lowest BCUT2D eigenvalue weighted by atomic mass is 9.99. The standard InChI is InChI=1S/C18H20BrCl/c1-13(2)11-14-7-9-15(10-8-14)17(19)12-16-5-3-4-6-18(16)20/h3-10,13,17H,11-12H2,1-2H3. The lowest BCUT2D eigenvalue weighted by molar-refractivity contribution is 0.647. The first-order chi connectivity index (χ1) is 9.56. The summed E-state index contributed by atoms with van der Waals surface area (Å²) in [7, 11) is 0. The first-order valence-corrected chi connectivity index (χ1v) is 8.32. The Hall–Kier alpha value is -0.790. The molecule has 1 unspecified atom stereocenters. The molecule has 0 amide bonds. The van der Waals surface area contributed by atoms with Crippen LogP contribution < -0.4 is 0 Å². The third-order valence-corrected chi connectivity index (χ3v) is 4.56. The third kappa shape index (κ3) is 4.36. The van der Waals surface area contributed by atoms with Crippen molar-refractivity contribution in [2.75, 3.05) is 0 Å². The van der Waals surface area contributed by atoms with Gasteiger partial charge in [-0.25, -0.2) is 0 Å². The number of hydrogen-bond donors (Lipinski definition) is 0. The van der Waals surface area contributed by atoms with Crippen LogP contribution in [0.3, 0.4) is 0 Å². The monoisotopic (exact) mass is 350 g/mol. The van der Waals surface area contributed by atoms with Crippen LogP contribution in [-0.2, 0) is 12.8 Å². The maximum Gasteiger partial charge on any atom is 0.0438 e. The zero-order chi connectivity index (χ0) is 14.5. The van der Waals surface area contributed by atoms with Crippen molar-refractivity contribution < 1.29 is 0 Å². The van der Waals surface area contributed by atoms with E-state index < -0.39 is 0 Å². The van der Waals surface area contributed by atoms with E-state index >= 15 is 0 Å².